The number of likely N-dealkylation sites (tertiary alicyclic amines) is 1. The van der Waals surface area contributed by atoms with Gasteiger partial charge in [-0.1, -0.05) is 5.16 Å². The molecule has 1 N–H and O–H groups in total. The monoisotopic (exact) mass is 388 g/mol. The number of hydrogen-bond acceptors (Lipinski definition) is 7. The highest BCUT2D eigenvalue weighted by Gasteiger charge is 2.27. The Morgan fingerprint density at radius 2 is 2.11 bits per heavy atom. The first-order valence-corrected chi connectivity index (χ1v) is 9.58. The minimum atomic E-state index is 0.00407. The summed E-state index contributed by atoms with van der Waals surface area (Å²) < 4.78 is 16.0. The maximum Gasteiger partial charge on any atom is 0.241 e. The van der Waals surface area contributed by atoms with Crippen LogP contribution in [0.2, 0.25) is 0 Å². The van der Waals surface area contributed by atoms with Gasteiger partial charge in [-0.3, -0.25) is 9.69 Å². The third-order valence-electron chi connectivity index (χ3n) is 4.78. The number of methoxy groups -OCH3 is 2. The van der Waals surface area contributed by atoms with Crippen molar-refractivity contribution in [1.82, 2.24) is 20.4 Å². The molecular formula is C20H28N4O4. The molecule has 2 aromatic rings. The second-order valence-corrected chi connectivity index (χ2v) is 7.32. The Morgan fingerprint density at radius 3 is 2.82 bits per heavy atom. The Hall–Kier alpha value is -2.61. The van der Waals surface area contributed by atoms with Crippen molar-refractivity contribution in [2.45, 2.75) is 39.3 Å². The van der Waals surface area contributed by atoms with E-state index in [2.05, 4.69) is 20.4 Å². The molecule has 0 spiro atoms. The van der Waals surface area contributed by atoms with Crippen LogP contribution in [-0.2, 0) is 11.3 Å². The minimum Gasteiger partial charge on any atom is -0.493 e. The minimum absolute atomic E-state index is 0.00407. The van der Waals surface area contributed by atoms with E-state index in [1.807, 2.05) is 32.0 Å². The van der Waals surface area contributed by atoms with Crippen molar-refractivity contribution >= 4 is 5.91 Å². The van der Waals surface area contributed by atoms with Gasteiger partial charge in [-0.05, 0) is 51.4 Å². The van der Waals surface area contributed by atoms with E-state index in [9.17, 15) is 4.79 Å². The predicted octanol–water partition coefficient (Wildman–Crippen LogP) is 2.49. The van der Waals surface area contributed by atoms with Crippen LogP contribution < -0.4 is 14.8 Å². The van der Waals surface area contributed by atoms with Crippen molar-refractivity contribution in [3.63, 3.8) is 0 Å². The molecule has 0 aliphatic carbocycles. The smallest absolute Gasteiger partial charge is 0.241 e. The van der Waals surface area contributed by atoms with Gasteiger partial charge in [0.15, 0.2) is 11.5 Å². The second-order valence-electron chi connectivity index (χ2n) is 7.32. The lowest BCUT2D eigenvalue weighted by molar-refractivity contribution is -0.127. The van der Waals surface area contributed by atoms with Crippen LogP contribution in [0.25, 0.3) is 11.4 Å². The number of amides is 1. The van der Waals surface area contributed by atoms with Crippen LogP contribution >= 0.6 is 0 Å². The van der Waals surface area contributed by atoms with Crippen molar-refractivity contribution in [3.05, 3.63) is 24.1 Å². The molecule has 1 aromatic carbocycles. The molecule has 3 rings (SSSR count). The lowest BCUT2D eigenvalue weighted by atomic mass is 9.97. The summed E-state index contributed by atoms with van der Waals surface area (Å²) in [5, 5.41) is 7.09. The van der Waals surface area contributed by atoms with Gasteiger partial charge >= 0.3 is 0 Å². The topological polar surface area (TPSA) is 89.7 Å². The number of piperidine rings is 1. The number of rotatable bonds is 7. The largest absolute Gasteiger partial charge is 0.493 e. The van der Waals surface area contributed by atoms with E-state index >= 15 is 0 Å². The zero-order chi connectivity index (χ0) is 20.1. The van der Waals surface area contributed by atoms with Gasteiger partial charge in [0.25, 0.3) is 0 Å². The van der Waals surface area contributed by atoms with E-state index in [1.165, 1.54) is 0 Å². The SMILES string of the molecule is COc1ccc(-c2noc(CN3CCC[C@H](C(=O)NC(C)C)C3)n2)cc1OC. The quantitative estimate of drug-likeness (QED) is 0.779. The highest BCUT2D eigenvalue weighted by molar-refractivity contribution is 5.79. The second kappa shape index (κ2) is 9.05. The van der Waals surface area contributed by atoms with Gasteiger partial charge in [-0.25, -0.2) is 0 Å². The predicted molar refractivity (Wildman–Crippen MR) is 104 cm³/mol. The summed E-state index contributed by atoms with van der Waals surface area (Å²) in [6, 6.07) is 5.65. The Balaban J connectivity index is 1.65. The normalized spacial score (nSPS) is 17.5. The van der Waals surface area contributed by atoms with Crippen LogP contribution in [0.1, 0.15) is 32.6 Å². The van der Waals surface area contributed by atoms with Crippen molar-refractivity contribution in [2.24, 2.45) is 5.92 Å². The average Bonchev–Trinajstić information content (AvgIpc) is 3.15. The number of nitrogens with zero attached hydrogens (tertiary/aromatic N) is 3. The molecule has 1 aliphatic heterocycles. The van der Waals surface area contributed by atoms with Crippen LogP contribution in [0, 0.1) is 5.92 Å². The fourth-order valence-corrected chi connectivity index (χ4v) is 3.42. The summed E-state index contributed by atoms with van der Waals surface area (Å²) in [5.41, 5.74) is 0.792. The molecule has 0 bridgehead atoms. The lowest BCUT2D eigenvalue weighted by Crippen LogP contribution is -2.44. The van der Waals surface area contributed by atoms with E-state index in [0.717, 1.165) is 24.9 Å². The number of ether oxygens (including phenoxy) is 2. The van der Waals surface area contributed by atoms with Crippen molar-refractivity contribution in [1.29, 1.82) is 0 Å². The lowest BCUT2D eigenvalue weighted by Gasteiger charge is -2.31. The van der Waals surface area contributed by atoms with Gasteiger partial charge < -0.3 is 19.3 Å². The Bertz CT molecular complexity index is 805. The summed E-state index contributed by atoms with van der Waals surface area (Å²) in [6.07, 6.45) is 1.89. The van der Waals surface area contributed by atoms with Gasteiger partial charge in [0.05, 0.1) is 26.7 Å². The van der Waals surface area contributed by atoms with E-state index in [4.69, 9.17) is 14.0 Å². The van der Waals surface area contributed by atoms with Crippen molar-refractivity contribution in [2.75, 3.05) is 27.3 Å². The van der Waals surface area contributed by atoms with E-state index in [-0.39, 0.29) is 17.9 Å². The molecule has 1 fully saturated rings. The maximum absolute atomic E-state index is 12.3. The first-order valence-electron chi connectivity index (χ1n) is 9.58. The maximum atomic E-state index is 12.3. The summed E-state index contributed by atoms with van der Waals surface area (Å²) in [4.78, 5) is 19.0. The van der Waals surface area contributed by atoms with Crippen LogP contribution in [0.5, 0.6) is 11.5 Å². The average molecular weight is 388 g/mol. The van der Waals surface area contributed by atoms with Crippen LogP contribution in [0.4, 0.5) is 0 Å². The van der Waals surface area contributed by atoms with Crippen LogP contribution in [0.3, 0.4) is 0 Å². The number of carbonyl (C=O) groups is 1. The number of aromatic nitrogens is 2. The molecule has 8 heteroatoms. The summed E-state index contributed by atoms with van der Waals surface area (Å²) >= 11 is 0. The Kier molecular flexibility index (Phi) is 6.51. The zero-order valence-corrected chi connectivity index (χ0v) is 16.9. The van der Waals surface area contributed by atoms with Gasteiger partial charge in [-0.15, -0.1) is 0 Å². The fraction of sp³-hybridized carbons (Fsp3) is 0.550. The molecule has 0 saturated carbocycles. The highest BCUT2D eigenvalue weighted by Crippen LogP contribution is 2.31. The van der Waals surface area contributed by atoms with Crippen molar-refractivity contribution in [3.8, 4) is 22.9 Å². The fourth-order valence-electron chi connectivity index (χ4n) is 3.42. The van der Waals surface area contributed by atoms with Gasteiger partial charge in [0, 0.05) is 18.2 Å². The first kappa shape index (κ1) is 20.1. The van der Waals surface area contributed by atoms with Gasteiger partial charge in [0.1, 0.15) is 0 Å². The third kappa shape index (κ3) is 4.81. The number of nitrogens with one attached hydrogen (secondary N) is 1. The molecule has 1 amide bonds. The standard InChI is InChI=1S/C20H28N4O4/c1-13(2)21-20(25)15-6-5-9-24(11-15)12-18-22-19(23-28-18)14-7-8-16(26-3)17(10-14)27-4/h7-8,10,13,15H,5-6,9,11-12H2,1-4H3,(H,21,25)/t15-/m0/s1. The molecule has 8 nitrogen and oxygen atoms in total. The van der Waals surface area contributed by atoms with E-state index in [1.54, 1.807) is 14.2 Å². The first-order chi connectivity index (χ1) is 13.5. The van der Waals surface area contributed by atoms with E-state index in [0.29, 0.717) is 36.3 Å². The highest BCUT2D eigenvalue weighted by atomic mass is 16.5. The summed E-state index contributed by atoms with van der Waals surface area (Å²) in [6.45, 7) is 6.11. The molecule has 1 aromatic heterocycles. The molecule has 2 heterocycles. The van der Waals surface area contributed by atoms with Crippen LogP contribution in [0.15, 0.2) is 22.7 Å². The Morgan fingerprint density at radius 1 is 1.32 bits per heavy atom. The van der Waals surface area contributed by atoms with E-state index < -0.39 is 0 Å². The number of carbonyl (C=O) groups excluding carboxylic acids is 1. The number of hydrogen-bond donors (Lipinski definition) is 1. The van der Waals surface area contributed by atoms with Crippen molar-refractivity contribution < 1.29 is 18.8 Å². The molecule has 28 heavy (non-hydrogen) atoms. The molecule has 1 saturated heterocycles. The Labute approximate surface area is 165 Å². The molecular weight excluding hydrogens is 360 g/mol. The molecule has 1 atom stereocenters. The summed E-state index contributed by atoms with van der Waals surface area (Å²) in [5.74, 6) is 2.42. The van der Waals surface area contributed by atoms with Gasteiger partial charge in [0.2, 0.25) is 17.6 Å². The molecule has 0 radical (unpaired) electrons. The van der Waals surface area contributed by atoms with Crippen LogP contribution in [-0.4, -0.2) is 54.3 Å². The number of benzene rings is 1. The van der Waals surface area contributed by atoms with Gasteiger partial charge in [-0.2, -0.15) is 4.98 Å². The zero-order valence-electron chi connectivity index (χ0n) is 16.9. The third-order valence-corrected chi connectivity index (χ3v) is 4.78. The summed E-state index contributed by atoms with van der Waals surface area (Å²) in [7, 11) is 3.18. The molecule has 0 unspecified atom stereocenters. The molecule has 152 valence electrons. The molecule has 1 aliphatic rings.